The fraction of sp³-hybridized carbons (Fsp3) is 0.0571. The van der Waals surface area contributed by atoms with E-state index in [2.05, 4.69) is 92.7 Å². The lowest BCUT2D eigenvalue weighted by atomic mass is 9.97. The zero-order valence-corrected chi connectivity index (χ0v) is 21.6. The predicted molar refractivity (Wildman–Crippen MR) is 166 cm³/mol. The quantitative estimate of drug-likeness (QED) is 0.151. The number of benzene rings is 4. The fourth-order valence-electron chi connectivity index (χ4n) is 5.74. The summed E-state index contributed by atoms with van der Waals surface area (Å²) in [5.74, 6) is 0. The number of aliphatic imine (C=N–C) groups is 1. The molecule has 8 aromatic rings. The summed E-state index contributed by atoms with van der Waals surface area (Å²) in [5.41, 5.74) is 7.26. The number of hydrogen-bond donors (Lipinski definition) is 0. The molecule has 0 amide bonds. The second-order valence-electron chi connectivity index (χ2n) is 10.1. The third-order valence-corrected chi connectivity index (χ3v) is 7.67. The molecular formula is C35H23N5. The van der Waals surface area contributed by atoms with Crippen LogP contribution >= 0.6 is 0 Å². The van der Waals surface area contributed by atoms with E-state index in [0.717, 1.165) is 67.7 Å². The van der Waals surface area contributed by atoms with E-state index >= 15 is 0 Å². The molecule has 0 fully saturated rings. The van der Waals surface area contributed by atoms with Crippen LogP contribution in [0.15, 0.2) is 115 Å². The van der Waals surface area contributed by atoms with Crippen LogP contribution in [-0.2, 0) is 6.42 Å². The molecule has 0 bridgehead atoms. The van der Waals surface area contributed by atoms with Gasteiger partial charge in [-0.15, -0.1) is 0 Å². The molecule has 4 aromatic carbocycles. The molecule has 5 heteroatoms. The van der Waals surface area contributed by atoms with Gasteiger partial charge in [-0.05, 0) is 48.1 Å². The maximum Gasteiger partial charge on any atom is 0.0973 e. The molecule has 0 aliphatic carbocycles. The third-order valence-electron chi connectivity index (χ3n) is 7.67. The van der Waals surface area contributed by atoms with Gasteiger partial charge in [0.05, 0.1) is 33.3 Å². The molecule has 40 heavy (non-hydrogen) atoms. The van der Waals surface area contributed by atoms with Gasteiger partial charge in [0.2, 0.25) is 0 Å². The molecule has 0 unspecified atom stereocenters. The average Bonchev–Trinajstić information content (AvgIpc) is 3.03. The van der Waals surface area contributed by atoms with Crippen LogP contribution in [0.4, 0.5) is 5.69 Å². The maximum absolute atomic E-state index is 4.91. The lowest BCUT2D eigenvalue weighted by molar-refractivity contribution is 1.03. The average molecular weight is 514 g/mol. The number of aromatic nitrogens is 4. The molecular weight excluding hydrogens is 490 g/mol. The van der Waals surface area contributed by atoms with Crippen LogP contribution in [-0.4, -0.2) is 26.2 Å². The summed E-state index contributed by atoms with van der Waals surface area (Å²) in [7, 11) is 0. The van der Waals surface area contributed by atoms with E-state index in [9.17, 15) is 0 Å². The van der Waals surface area contributed by atoms with Crippen LogP contribution in [0, 0.1) is 0 Å². The van der Waals surface area contributed by atoms with Crippen molar-refractivity contribution in [1.82, 2.24) is 19.9 Å². The largest absolute Gasteiger partial charge is 0.260 e. The minimum atomic E-state index is 0.934. The Bertz CT molecular complexity index is 2200. The molecule has 9 rings (SSSR count). The van der Waals surface area contributed by atoms with Crippen LogP contribution in [0.3, 0.4) is 0 Å². The topological polar surface area (TPSA) is 63.9 Å². The summed E-state index contributed by atoms with van der Waals surface area (Å²) in [5, 5.41) is 8.02. The summed E-state index contributed by atoms with van der Waals surface area (Å²) < 4.78 is 0. The molecule has 1 aliphatic rings. The van der Waals surface area contributed by atoms with Crippen molar-refractivity contribution in [2.45, 2.75) is 12.8 Å². The van der Waals surface area contributed by atoms with Gasteiger partial charge in [0.1, 0.15) is 0 Å². The Hall–Kier alpha value is -5.29. The summed E-state index contributed by atoms with van der Waals surface area (Å²) in [4.78, 5) is 23.1. The van der Waals surface area contributed by atoms with Gasteiger partial charge < -0.3 is 0 Å². The summed E-state index contributed by atoms with van der Waals surface area (Å²) in [6.45, 7) is 0. The predicted octanol–water partition coefficient (Wildman–Crippen LogP) is 8.52. The second kappa shape index (κ2) is 9.17. The van der Waals surface area contributed by atoms with E-state index in [-0.39, 0.29) is 0 Å². The third kappa shape index (κ3) is 3.67. The van der Waals surface area contributed by atoms with Crippen molar-refractivity contribution in [1.29, 1.82) is 0 Å². The Labute approximate surface area is 229 Å². The van der Waals surface area contributed by atoms with Crippen molar-refractivity contribution >= 4 is 77.2 Å². The van der Waals surface area contributed by atoms with Gasteiger partial charge in [0, 0.05) is 57.1 Å². The second-order valence-corrected chi connectivity index (χ2v) is 10.1. The van der Waals surface area contributed by atoms with Crippen LogP contribution in [0.5, 0.6) is 0 Å². The fourth-order valence-corrected chi connectivity index (χ4v) is 5.74. The molecule has 0 radical (unpaired) electrons. The van der Waals surface area contributed by atoms with Gasteiger partial charge in [0.25, 0.3) is 0 Å². The number of pyridine rings is 4. The molecule has 5 nitrogen and oxygen atoms in total. The molecule has 4 aromatic heterocycles. The van der Waals surface area contributed by atoms with E-state index in [1.54, 1.807) is 0 Å². The molecule has 0 saturated heterocycles. The van der Waals surface area contributed by atoms with Gasteiger partial charge in [-0.2, -0.15) is 0 Å². The number of hydrogen-bond acceptors (Lipinski definition) is 5. The van der Waals surface area contributed by atoms with Crippen molar-refractivity contribution in [3.63, 3.8) is 0 Å². The molecule has 0 saturated carbocycles. The minimum absolute atomic E-state index is 0.934. The van der Waals surface area contributed by atoms with Crippen LogP contribution < -0.4 is 0 Å². The van der Waals surface area contributed by atoms with Crippen LogP contribution in [0.2, 0.25) is 0 Å². The molecule has 1 aliphatic heterocycles. The van der Waals surface area contributed by atoms with Gasteiger partial charge in [-0.1, -0.05) is 66.7 Å². The Kier molecular flexibility index (Phi) is 5.20. The van der Waals surface area contributed by atoms with Crippen molar-refractivity contribution in [2.24, 2.45) is 4.99 Å². The highest BCUT2D eigenvalue weighted by Gasteiger charge is 2.13. The maximum atomic E-state index is 4.91. The van der Waals surface area contributed by atoms with E-state index in [1.807, 2.05) is 43.0 Å². The first-order valence-corrected chi connectivity index (χ1v) is 13.5. The number of rotatable bonds is 0. The molecule has 0 N–H and O–H groups in total. The van der Waals surface area contributed by atoms with Crippen LogP contribution in [0.25, 0.3) is 65.3 Å². The van der Waals surface area contributed by atoms with Gasteiger partial charge in [-0.25, -0.2) is 4.98 Å². The van der Waals surface area contributed by atoms with E-state index in [0.29, 0.717) is 0 Å². The first-order valence-electron chi connectivity index (χ1n) is 13.5. The van der Waals surface area contributed by atoms with E-state index in [4.69, 9.17) is 4.98 Å². The van der Waals surface area contributed by atoms with Gasteiger partial charge >= 0.3 is 0 Å². The number of fused-ring (bicyclic) bond motifs is 11. The monoisotopic (exact) mass is 513 g/mol. The van der Waals surface area contributed by atoms with E-state index < -0.39 is 0 Å². The SMILES string of the molecule is C1=Nc2c(ccc3ccc4cccnc4c23)CC1.c1cnc2c(c1)ccc1cc3ccc4cccnc4c3nc12. The van der Waals surface area contributed by atoms with Crippen molar-refractivity contribution < 1.29 is 0 Å². The molecule has 188 valence electrons. The van der Waals surface area contributed by atoms with Gasteiger partial charge in [0.15, 0.2) is 0 Å². The Morgan fingerprint density at radius 3 is 1.65 bits per heavy atom. The summed E-state index contributed by atoms with van der Waals surface area (Å²) in [6.07, 6.45) is 9.62. The first-order chi connectivity index (χ1) is 19.8. The summed E-state index contributed by atoms with van der Waals surface area (Å²) >= 11 is 0. The molecule has 5 heterocycles. The van der Waals surface area contributed by atoms with Crippen LogP contribution in [0.1, 0.15) is 12.0 Å². The van der Waals surface area contributed by atoms with Crippen molar-refractivity contribution in [2.75, 3.05) is 0 Å². The standard InChI is InChI=1S/C19H11N3.C16H12N2/c1-3-12-5-7-14-11-15-8-6-13-4-2-10-21-17(13)19(15)22-18(14)16(12)20-9-1;1-3-12-7-5-11-6-8-13-4-2-10-18-16(13)14(11)15(12)17-9-1/h1-11H;1,3,5-10H,2,4H2. The summed E-state index contributed by atoms with van der Waals surface area (Å²) in [6, 6.07) is 31.3. The molecule has 0 atom stereocenters. The first kappa shape index (κ1) is 22.7. The lowest BCUT2D eigenvalue weighted by Gasteiger charge is -2.13. The zero-order valence-electron chi connectivity index (χ0n) is 21.6. The Morgan fingerprint density at radius 1 is 0.475 bits per heavy atom. The highest BCUT2D eigenvalue weighted by Crippen LogP contribution is 2.36. The highest BCUT2D eigenvalue weighted by atomic mass is 14.8. The van der Waals surface area contributed by atoms with Gasteiger partial charge in [-0.3, -0.25) is 19.9 Å². The number of aryl methyl sites for hydroxylation is 1. The highest BCUT2D eigenvalue weighted by molar-refractivity contribution is 6.13. The lowest BCUT2D eigenvalue weighted by Crippen LogP contribution is -1.95. The van der Waals surface area contributed by atoms with E-state index in [1.165, 1.54) is 21.7 Å². The van der Waals surface area contributed by atoms with Crippen molar-refractivity contribution in [3.8, 4) is 0 Å². The van der Waals surface area contributed by atoms with Crippen molar-refractivity contribution in [3.05, 3.63) is 115 Å². The smallest absolute Gasteiger partial charge is 0.0973 e. The Morgan fingerprint density at radius 2 is 1.00 bits per heavy atom. The number of nitrogens with zero attached hydrogens (tertiary/aromatic N) is 5. The normalized spacial score (nSPS) is 12.7. The minimum Gasteiger partial charge on any atom is -0.260 e. The Balaban J connectivity index is 0.000000125. The zero-order chi connectivity index (χ0) is 26.5. The molecule has 0 spiro atoms.